The molecule has 1 unspecified atom stereocenters. The zero-order chi connectivity index (χ0) is 15.5. The zero-order valence-corrected chi connectivity index (χ0v) is 11.8. The number of rotatable bonds is 6. The lowest BCUT2D eigenvalue weighted by Crippen LogP contribution is -2.36. The summed E-state index contributed by atoms with van der Waals surface area (Å²) in [6.45, 7) is 2.60. The molecule has 1 N–H and O–H groups in total. The third kappa shape index (κ3) is 3.73. The fraction of sp³-hybridized carbons (Fsp3) is 0.417. The number of halogens is 2. The maximum absolute atomic E-state index is 13.1. The Balaban J connectivity index is 3.15. The van der Waals surface area contributed by atoms with Crippen molar-refractivity contribution in [3.8, 4) is 0 Å². The number of carbonyl (C=O) groups is 1. The first kappa shape index (κ1) is 16.5. The Labute approximate surface area is 115 Å². The lowest BCUT2D eigenvalue weighted by atomic mass is 10.2. The average molecular weight is 307 g/mol. The van der Waals surface area contributed by atoms with Crippen LogP contribution in [0.25, 0.3) is 0 Å². The molecule has 0 saturated heterocycles. The Morgan fingerprint density at radius 1 is 1.30 bits per heavy atom. The summed E-state index contributed by atoms with van der Waals surface area (Å²) in [5.41, 5.74) is 0. The molecule has 0 heterocycles. The number of benzene rings is 1. The van der Waals surface area contributed by atoms with Crippen molar-refractivity contribution in [2.45, 2.75) is 18.7 Å². The molecule has 0 spiro atoms. The van der Waals surface area contributed by atoms with Gasteiger partial charge in [-0.05, 0) is 12.1 Å². The highest BCUT2D eigenvalue weighted by Gasteiger charge is 2.27. The van der Waals surface area contributed by atoms with Crippen LogP contribution in [0.5, 0.6) is 0 Å². The van der Waals surface area contributed by atoms with Gasteiger partial charge in [-0.2, -0.15) is 4.31 Å². The van der Waals surface area contributed by atoms with Crippen molar-refractivity contribution < 1.29 is 27.1 Å². The molecule has 0 fully saturated rings. The molecule has 0 radical (unpaired) electrons. The number of nitrogens with zero attached hydrogens (tertiary/aromatic N) is 1. The molecule has 20 heavy (non-hydrogen) atoms. The van der Waals surface area contributed by atoms with Crippen LogP contribution in [0.3, 0.4) is 0 Å². The van der Waals surface area contributed by atoms with Gasteiger partial charge in [0.15, 0.2) is 0 Å². The van der Waals surface area contributed by atoms with Crippen molar-refractivity contribution in [1.29, 1.82) is 0 Å². The third-order valence-corrected chi connectivity index (χ3v) is 4.64. The van der Waals surface area contributed by atoms with Crippen LogP contribution in [0.2, 0.25) is 0 Å². The summed E-state index contributed by atoms with van der Waals surface area (Å²) in [7, 11) is -4.13. The topological polar surface area (TPSA) is 74.7 Å². The van der Waals surface area contributed by atoms with Crippen molar-refractivity contribution in [2.75, 3.05) is 13.1 Å². The van der Waals surface area contributed by atoms with E-state index < -0.39 is 38.4 Å². The van der Waals surface area contributed by atoms with E-state index in [1.54, 1.807) is 0 Å². The third-order valence-electron chi connectivity index (χ3n) is 2.73. The van der Waals surface area contributed by atoms with Crippen LogP contribution in [-0.4, -0.2) is 36.9 Å². The molecule has 1 aromatic carbocycles. The molecule has 0 aliphatic rings. The Hall–Kier alpha value is -1.54. The van der Waals surface area contributed by atoms with E-state index in [0.717, 1.165) is 4.31 Å². The van der Waals surface area contributed by atoms with Gasteiger partial charge in [-0.1, -0.05) is 13.8 Å². The Morgan fingerprint density at radius 2 is 1.80 bits per heavy atom. The normalized spacial score (nSPS) is 13.4. The van der Waals surface area contributed by atoms with E-state index in [9.17, 15) is 22.0 Å². The molecule has 0 aliphatic carbocycles. The number of aliphatic carboxylic acids is 1. The first-order valence-corrected chi connectivity index (χ1v) is 7.31. The van der Waals surface area contributed by atoms with Crippen molar-refractivity contribution in [2.24, 2.45) is 5.92 Å². The molecule has 0 bridgehead atoms. The molecule has 1 atom stereocenters. The smallest absolute Gasteiger partial charge is 0.307 e. The molecule has 0 saturated carbocycles. The quantitative estimate of drug-likeness (QED) is 0.868. The van der Waals surface area contributed by atoms with Gasteiger partial charge in [0.2, 0.25) is 10.0 Å². The number of hydrogen-bond acceptors (Lipinski definition) is 3. The maximum atomic E-state index is 13.1. The van der Waals surface area contributed by atoms with Gasteiger partial charge in [0.1, 0.15) is 11.6 Å². The molecule has 0 aromatic heterocycles. The first-order chi connectivity index (χ1) is 9.18. The van der Waals surface area contributed by atoms with Gasteiger partial charge in [0.05, 0.1) is 10.8 Å². The summed E-state index contributed by atoms with van der Waals surface area (Å²) in [6, 6.07) is 1.97. The van der Waals surface area contributed by atoms with Crippen LogP contribution in [0.1, 0.15) is 13.8 Å². The molecule has 0 aliphatic heterocycles. The highest BCUT2D eigenvalue weighted by Crippen LogP contribution is 2.19. The van der Waals surface area contributed by atoms with Gasteiger partial charge in [-0.3, -0.25) is 4.79 Å². The van der Waals surface area contributed by atoms with Crippen LogP contribution in [0.4, 0.5) is 8.78 Å². The minimum Gasteiger partial charge on any atom is -0.481 e. The standard InChI is InChI=1S/C12H15F2NO4S/c1-3-15(7-8(2)12(16)17)20(18,19)11-5-9(13)4-10(14)6-11/h4-6,8H,3,7H2,1-2H3,(H,16,17). The fourth-order valence-corrected chi connectivity index (χ4v) is 3.19. The summed E-state index contributed by atoms with van der Waals surface area (Å²) in [5, 5.41) is 8.81. The van der Waals surface area contributed by atoms with E-state index in [2.05, 4.69) is 0 Å². The van der Waals surface area contributed by atoms with Gasteiger partial charge in [-0.25, -0.2) is 17.2 Å². The van der Waals surface area contributed by atoms with Gasteiger partial charge >= 0.3 is 5.97 Å². The molecular formula is C12H15F2NO4S. The van der Waals surface area contributed by atoms with E-state index in [1.807, 2.05) is 0 Å². The number of sulfonamides is 1. The molecule has 8 heteroatoms. The highest BCUT2D eigenvalue weighted by molar-refractivity contribution is 7.89. The van der Waals surface area contributed by atoms with E-state index in [-0.39, 0.29) is 13.1 Å². The van der Waals surface area contributed by atoms with Gasteiger partial charge in [0, 0.05) is 19.2 Å². The Bertz CT molecular complexity index is 583. The zero-order valence-electron chi connectivity index (χ0n) is 11.0. The second-order valence-electron chi connectivity index (χ2n) is 4.30. The second kappa shape index (κ2) is 6.27. The molecule has 1 aromatic rings. The van der Waals surface area contributed by atoms with Crippen LogP contribution < -0.4 is 0 Å². The number of carboxylic acids is 1. The van der Waals surface area contributed by atoms with E-state index in [4.69, 9.17) is 5.11 Å². The molecule has 0 amide bonds. The van der Waals surface area contributed by atoms with Crippen LogP contribution in [0.15, 0.2) is 23.1 Å². The average Bonchev–Trinajstić information content (AvgIpc) is 2.33. The second-order valence-corrected chi connectivity index (χ2v) is 6.24. The Kier molecular flexibility index (Phi) is 5.18. The summed E-state index contributed by atoms with van der Waals surface area (Å²) in [6.07, 6.45) is 0. The largest absolute Gasteiger partial charge is 0.481 e. The predicted molar refractivity (Wildman–Crippen MR) is 67.6 cm³/mol. The van der Waals surface area contributed by atoms with E-state index >= 15 is 0 Å². The van der Waals surface area contributed by atoms with Crippen molar-refractivity contribution >= 4 is 16.0 Å². The summed E-state index contributed by atoms with van der Waals surface area (Å²) in [5.74, 6) is -4.09. The summed E-state index contributed by atoms with van der Waals surface area (Å²) >= 11 is 0. The van der Waals surface area contributed by atoms with Gasteiger partial charge < -0.3 is 5.11 Å². The summed E-state index contributed by atoms with van der Waals surface area (Å²) < 4.78 is 51.5. The number of carboxylic acid groups (broad SMARTS) is 1. The van der Waals surface area contributed by atoms with Crippen molar-refractivity contribution in [3.63, 3.8) is 0 Å². The molecule has 1 rings (SSSR count). The lowest BCUT2D eigenvalue weighted by Gasteiger charge is -2.22. The Morgan fingerprint density at radius 3 is 2.20 bits per heavy atom. The van der Waals surface area contributed by atoms with E-state index in [1.165, 1.54) is 13.8 Å². The van der Waals surface area contributed by atoms with Crippen molar-refractivity contribution in [1.82, 2.24) is 4.31 Å². The lowest BCUT2D eigenvalue weighted by molar-refractivity contribution is -0.141. The van der Waals surface area contributed by atoms with Crippen LogP contribution in [-0.2, 0) is 14.8 Å². The van der Waals surface area contributed by atoms with Crippen molar-refractivity contribution in [3.05, 3.63) is 29.8 Å². The maximum Gasteiger partial charge on any atom is 0.307 e. The minimum absolute atomic E-state index is 0.00190. The summed E-state index contributed by atoms with van der Waals surface area (Å²) in [4.78, 5) is 10.2. The highest BCUT2D eigenvalue weighted by atomic mass is 32.2. The van der Waals surface area contributed by atoms with Crippen LogP contribution in [0, 0.1) is 17.6 Å². The monoisotopic (exact) mass is 307 g/mol. The number of hydrogen-bond donors (Lipinski definition) is 1. The molecular weight excluding hydrogens is 292 g/mol. The van der Waals surface area contributed by atoms with Gasteiger partial charge in [0.25, 0.3) is 0 Å². The predicted octanol–water partition coefficient (Wildman–Crippen LogP) is 1.70. The SMILES string of the molecule is CCN(CC(C)C(=O)O)S(=O)(=O)c1cc(F)cc(F)c1. The van der Waals surface area contributed by atoms with Gasteiger partial charge in [-0.15, -0.1) is 0 Å². The molecule has 5 nitrogen and oxygen atoms in total. The van der Waals surface area contributed by atoms with Crippen LogP contribution >= 0.6 is 0 Å². The first-order valence-electron chi connectivity index (χ1n) is 5.87. The molecule has 112 valence electrons. The minimum atomic E-state index is -4.13. The van der Waals surface area contributed by atoms with E-state index in [0.29, 0.717) is 18.2 Å². The fourth-order valence-electron chi connectivity index (χ4n) is 1.61.